The molecule has 1 aromatic rings. The van der Waals surface area contributed by atoms with E-state index in [1.807, 2.05) is 13.8 Å². The fourth-order valence-corrected chi connectivity index (χ4v) is 1.16. The molecule has 0 bridgehead atoms. The van der Waals surface area contributed by atoms with Gasteiger partial charge < -0.3 is 15.9 Å². The second-order valence-electron chi connectivity index (χ2n) is 3.63. The third kappa shape index (κ3) is 2.21. The molecular weight excluding hydrogens is 180 g/mol. The molecule has 0 unspecified atom stereocenters. The van der Waals surface area contributed by atoms with Crippen LogP contribution in [0, 0.1) is 5.92 Å². The molecule has 14 heavy (non-hydrogen) atoms. The van der Waals surface area contributed by atoms with Crippen LogP contribution in [0.4, 0.5) is 0 Å². The van der Waals surface area contributed by atoms with Crippen LogP contribution in [-0.2, 0) is 6.61 Å². The molecule has 4 N–H and O–H groups in total. The second-order valence-corrected chi connectivity index (χ2v) is 3.63. The van der Waals surface area contributed by atoms with Gasteiger partial charge in [-0.2, -0.15) is 0 Å². The second kappa shape index (κ2) is 4.39. The minimum atomic E-state index is -0.304. The molecule has 78 valence electrons. The molecule has 0 aliphatic heterocycles. The molecular formula is C10H16N2O2. The van der Waals surface area contributed by atoms with Gasteiger partial charge in [0.1, 0.15) is 5.75 Å². The minimum absolute atomic E-state index is 0.0865. The summed E-state index contributed by atoms with van der Waals surface area (Å²) in [4.78, 5) is 4.09. The first kappa shape index (κ1) is 10.9. The van der Waals surface area contributed by atoms with Gasteiger partial charge in [0.25, 0.3) is 0 Å². The highest BCUT2D eigenvalue weighted by Gasteiger charge is 2.16. The number of hydrogen-bond donors (Lipinski definition) is 3. The summed E-state index contributed by atoms with van der Waals surface area (Å²) in [5, 5.41) is 18.4. The molecule has 1 atom stereocenters. The van der Waals surface area contributed by atoms with Crippen LogP contribution in [0.2, 0.25) is 0 Å². The molecule has 0 aliphatic rings. The van der Waals surface area contributed by atoms with Crippen molar-refractivity contribution in [2.24, 2.45) is 11.7 Å². The molecule has 0 fully saturated rings. The Hall–Kier alpha value is -1.13. The predicted molar refractivity (Wildman–Crippen MR) is 53.6 cm³/mol. The lowest BCUT2D eigenvalue weighted by atomic mass is 10.0. The van der Waals surface area contributed by atoms with Gasteiger partial charge in [0.15, 0.2) is 0 Å². The standard InChI is InChI=1S/C10H16N2O2/c1-6(2)9(11)10-8(14)4-3-7(5-13)12-10/h3-4,6,9,13-14H,5,11H2,1-2H3/t9-/m1/s1. The van der Waals surface area contributed by atoms with E-state index in [0.29, 0.717) is 11.4 Å². The first-order valence-electron chi connectivity index (χ1n) is 4.61. The summed E-state index contributed by atoms with van der Waals surface area (Å²) in [7, 11) is 0. The van der Waals surface area contributed by atoms with Gasteiger partial charge in [0, 0.05) is 0 Å². The number of rotatable bonds is 3. The van der Waals surface area contributed by atoms with Crippen LogP contribution in [0.1, 0.15) is 31.3 Å². The average molecular weight is 196 g/mol. The Balaban J connectivity index is 3.05. The molecule has 1 rings (SSSR count). The quantitative estimate of drug-likeness (QED) is 0.672. The highest BCUT2D eigenvalue weighted by atomic mass is 16.3. The van der Waals surface area contributed by atoms with E-state index in [9.17, 15) is 5.11 Å². The van der Waals surface area contributed by atoms with Crippen LogP contribution >= 0.6 is 0 Å². The smallest absolute Gasteiger partial charge is 0.138 e. The summed E-state index contributed by atoms with van der Waals surface area (Å²) in [6.07, 6.45) is 0. The van der Waals surface area contributed by atoms with Crippen molar-refractivity contribution in [3.8, 4) is 5.75 Å². The topological polar surface area (TPSA) is 79.4 Å². The monoisotopic (exact) mass is 196 g/mol. The van der Waals surface area contributed by atoms with Gasteiger partial charge in [-0.3, -0.25) is 0 Å². The van der Waals surface area contributed by atoms with E-state index in [4.69, 9.17) is 10.8 Å². The van der Waals surface area contributed by atoms with Gasteiger partial charge in [-0.1, -0.05) is 13.8 Å². The van der Waals surface area contributed by atoms with E-state index < -0.39 is 0 Å². The van der Waals surface area contributed by atoms with E-state index in [1.54, 1.807) is 6.07 Å². The Kier molecular flexibility index (Phi) is 3.43. The van der Waals surface area contributed by atoms with E-state index in [-0.39, 0.29) is 24.3 Å². The van der Waals surface area contributed by atoms with Gasteiger partial charge >= 0.3 is 0 Å². The van der Waals surface area contributed by atoms with Crippen LogP contribution in [0.15, 0.2) is 12.1 Å². The number of nitrogens with zero attached hydrogens (tertiary/aromatic N) is 1. The Morgan fingerprint density at radius 3 is 2.57 bits per heavy atom. The number of aliphatic hydroxyl groups is 1. The summed E-state index contributed by atoms with van der Waals surface area (Å²) in [5.74, 6) is 0.283. The largest absolute Gasteiger partial charge is 0.506 e. The highest BCUT2D eigenvalue weighted by molar-refractivity contribution is 5.30. The molecule has 0 amide bonds. The third-order valence-electron chi connectivity index (χ3n) is 2.16. The maximum atomic E-state index is 9.53. The van der Waals surface area contributed by atoms with Crippen molar-refractivity contribution in [2.45, 2.75) is 26.5 Å². The SMILES string of the molecule is CC(C)[C@@H](N)c1nc(CO)ccc1O. The maximum absolute atomic E-state index is 9.53. The third-order valence-corrected chi connectivity index (χ3v) is 2.16. The molecule has 1 aromatic heterocycles. The summed E-state index contributed by atoms with van der Waals surface area (Å²) < 4.78 is 0. The molecule has 0 spiro atoms. The van der Waals surface area contributed by atoms with Crippen molar-refractivity contribution >= 4 is 0 Å². The summed E-state index contributed by atoms with van der Waals surface area (Å²) in [6.45, 7) is 3.77. The molecule has 0 aliphatic carbocycles. The molecule has 1 heterocycles. The molecule has 0 saturated carbocycles. The van der Waals surface area contributed by atoms with Crippen LogP contribution < -0.4 is 5.73 Å². The number of nitrogens with two attached hydrogens (primary N) is 1. The minimum Gasteiger partial charge on any atom is -0.506 e. The van der Waals surface area contributed by atoms with Crippen molar-refractivity contribution < 1.29 is 10.2 Å². The average Bonchev–Trinajstić information content (AvgIpc) is 2.17. The first-order chi connectivity index (χ1) is 6.56. The van der Waals surface area contributed by atoms with Crippen molar-refractivity contribution in [2.75, 3.05) is 0 Å². The van der Waals surface area contributed by atoms with E-state index in [2.05, 4.69) is 4.98 Å². The lowest BCUT2D eigenvalue weighted by Crippen LogP contribution is -2.18. The molecule has 0 radical (unpaired) electrons. The van der Waals surface area contributed by atoms with Gasteiger partial charge in [-0.05, 0) is 18.1 Å². The van der Waals surface area contributed by atoms with E-state index in [0.717, 1.165) is 0 Å². The zero-order chi connectivity index (χ0) is 10.7. The van der Waals surface area contributed by atoms with Crippen molar-refractivity contribution in [3.63, 3.8) is 0 Å². The lowest BCUT2D eigenvalue weighted by molar-refractivity contribution is 0.275. The van der Waals surface area contributed by atoms with Gasteiger partial charge in [-0.25, -0.2) is 4.98 Å². The number of pyridine rings is 1. The van der Waals surface area contributed by atoms with Crippen molar-refractivity contribution in [1.29, 1.82) is 0 Å². The summed E-state index contributed by atoms with van der Waals surface area (Å²) in [6, 6.07) is 2.78. The summed E-state index contributed by atoms with van der Waals surface area (Å²) >= 11 is 0. The van der Waals surface area contributed by atoms with Crippen molar-refractivity contribution in [3.05, 3.63) is 23.5 Å². The number of aromatic nitrogens is 1. The maximum Gasteiger partial charge on any atom is 0.138 e. The van der Waals surface area contributed by atoms with E-state index in [1.165, 1.54) is 6.07 Å². The normalized spacial score (nSPS) is 13.2. The molecule has 4 nitrogen and oxygen atoms in total. The number of aliphatic hydroxyl groups excluding tert-OH is 1. The van der Waals surface area contributed by atoms with Crippen molar-refractivity contribution in [1.82, 2.24) is 4.98 Å². The van der Waals surface area contributed by atoms with Crippen LogP contribution in [0.5, 0.6) is 5.75 Å². The van der Waals surface area contributed by atoms with Crippen LogP contribution in [-0.4, -0.2) is 15.2 Å². The Bertz CT molecular complexity index is 313. The van der Waals surface area contributed by atoms with Gasteiger partial charge in [0.05, 0.1) is 24.0 Å². The summed E-state index contributed by atoms with van der Waals surface area (Å²) in [5.41, 5.74) is 6.83. The number of hydrogen-bond acceptors (Lipinski definition) is 4. The van der Waals surface area contributed by atoms with Crippen LogP contribution in [0.25, 0.3) is 0 Å². The molecule has 4 heteroatoms. The lowest BCUT2D eigenvalue weighted by Gasteiger charge is -2.16. The first-order valence-corrected chi connectivity index (χ1v) is 4.61. The van der Waals surface area contributed by atoms with Crippen LogP contribution in [0.3, 0.4) is 0 Å². The Morgan fingerprint density at radius 1 is 1.43 bits per heavy atom. The zero-order valence-electron chi connectivity index (χ0n) is 8.44. The Labute approximate surface area is 83.4 Å². The fourth-order valence-electron chi connectivity index (χ4n) is 1.16. The zero-order valence-corrected chi connectivity index (χ0v) is 8.44. The molecule has 0 saturated heterocycles. The highest BCUT2D eigenvalue weighted by Crippen LogP contribution is 2.25. The predicted octanol–water partition coefficient (Wildman–Crippen LogP) is 0.935. The fraction of sp³-hybridized carbons (Fsp3) is 0.500. The molecule has 0 aromatic carbocycles. The number of aromatic hydroxyl groups is 1. The van der Waals surface area contributed by atoms with Gasteiger partial charge in [0.2, 0.25) is 0 Å². The van der Waals surface area contributed by atoms with Gasteiger partial charge in [-0.15, -0.1) is 0 Å². The van der Waals surface area contributed by atoms with E-state index >= 15 is 0 Å². The Morgan fingerprint density at radius 2 is 2.07 bits per heavy atom.